The Morgan fingerprint density at radius 3 is 2.51 bits per heavy atom. The fourth-order valence-corrected chi connectivity index (χ4v) is 4.89. The third kappa shape index (κ3) is 5.60. The lowest BCUT2D eigenvalue weighted by atomic mass is 10.0. The molecule has 0 unspecified atom stereocenters. The molecule has 2 amide bonds. The number of benzene rings is 3. The predicted octanol–water partition coefficient (Wildman–Crippen LogP) is 5.73. The minimum atomic E-state index is -0.0575. The molecule has 1 N–H and O–H groups in total. The van der Waals surface area contributed by atoms with Crippen molar-refractivity contribution in [3.8, 4) is 11.5 Å². The fraction of sp³-hybridized carbons (Fsp3) is 0.345. The van der Waals surface area contributed by atoms with Crippen molar-refractivity contribution in [3.05, 3.63) is 89.0 Å². The van der Waals surface area contributed by atoms with Gasteiger partial charge in [-0.05, 0) is 67.1 Å². The zero-order valence-corrected chi connectivity index (χ0v) is 20.5. The number of urea groups is 1. The van der Waals surface area contributed by atoms with E-state index in [9.17, 15) is 4.79 Å². The van der Waals surface area contributed by atoms with Crippen LogP contribution in [0, 0.1) is 13.8 Å². The van der Waals surface area contributed by atoms with Crippen molar-refractivity contribution in [2.24, 2.45) is 0 Å². The van der Waals surface area contributed by atoms with Crippen molar-refractivity contribution in [3.63, 3.8) is 0 Å². The lowest BCUT2D eigenvalue weighted by Crippen LogP contribution is -2.48. The third-order valence-corrected chi connectivity index (χ3v) is 6.93. The lowest BCUT2D eigenvalue weighted by molar-refractivity contribution is 0.119. The lowest BCUT2D eigenvalue weighted by Gasteiger charge is -2.38. The maximum atomic E-state index is 13.6. The van der Waals surface area contributed by atoms with Crippen molar-refractivity contribution < 1.29 is 14.3 Å². The molecule has 0 bridgehead atoms. The normalized spacial score (nSPS) is 15.7. The van der Waals surface area contributed by atoms with Crippen LogP contribution in [0.4, 0.5) is 10.5 Å². The molecule has 5 rings (SSSR count). The molecule has 1 saturated heterocycles. The summed E-state index contributed by atoms with van der Waals surface area (Å²) in [4.78, 5) is 18.1. The summed E-state index contributed by atoms with van der Waals surface area (Å²) in [5, 5.41) is 3.19. The van der Waals surface area contributed by atoms with Crippen molar-refractivity contribution in [1.29, 1.82) is 0 Å². The minimum absolute atomic E-state index is 0.0575. The molecule has 2 aliphatic rings. The van der Waals surface area contributed by atoms with Crippen LogP contribution in [0.25, 0.3) is 0 Å². The topological polar surface area (TPSA) is 54.0 Å². The number of aryl methyl sites for hydroxylation is 2. The van der Waals surface area contributed by atoms with Crippen LogP contribution in [0.1, 0.15) is 35.1 Å². The van der Waals surface area contributed by atoms with Gasteiger partial charge >= 0.3 is 6.03 Å². The second-order valence-electron chi connectivity index (χ2n) is 9.56. The average Bonchev–Trinajstić information content (AvgIpc) is 3.34. The molecule has 35 heavy (non-hydrogen) atoms. The maximum Gasteiger partial charge on any atom is 0.322 e. The van der Waals surface area contributed by atoms with E-state index in [0.29, 0.717) is 6.54 Å². The van der Waals surface area contributed by atoms with Gasteiger partial charge in [-0.3, -0.25) is 4.90 Å². The van der Waals surface area contributed by atoms with Crippen LogP contribution in [0.2, 0.25) is 0 Å². The summed E-state index contributed by atoms with van der Waals surface area (Å²) in [6, 6.07) is 22.8. The zero-order chi connectivity index (χ0) is 24.2. The average molecular weight is 472 g/mol. The molecule has 6 nitrogen and oxygen atoms in total. The molecule has 3 aromatic carbocycles. The van der Waals surface area contributed by atoms with E-state index < -0.39 is 0 Å². The molecule has 0 atom stereocenters. The zero-order valence-electron chi connectivity index (χ0n) is 20.5. The first-order valence-corrected chi connectivity index (χ1v) is 12.3. The quantitative estimate of drug-likeness (QED) is 0.499. The molecule has 0 aromatic heterocycles. The number of ether oxygens (including phenoxy) is 2. The Morgan fingerprint density at radius 1 is 0.943 bits per heavy atom. The van der Waals surface area contributed by atoms with E-state index in [-0.39, 0.29) is 18.9 Å². The first-order valence-electron chi connectivity index (χ1n) is 12.3. The largest absolute Gasteiger partial charge is 0.454 e. The van der Waals surface area contributed by atoms with E-state index in [1.54, 1.807) is 0 Å². The van der Waals surface area contributed by atoms with Crippen LogP contribution in [0.5, 0.6) is 11.5 Å². The molecular weight excluding hydrogens is 438 g/mol. The summed E-state index contributed by atoms with van der Waals surface area (Å²) in [5.74, 6) is 1.50. The highest BCUT2D eigenvalue weighted by Crippen LogP contribution is 2.33. The van der Waals surface area contributed by atoms with Crippen LogP contribution >= 0.6 is 0 Å². The molecule has 2 aliphatic heterocycles. The van der Waals surface area contributed by atoms with Crippen molar-refractivity contribution in [1.82, 2.24) is 9.80 Å². The van der Waals surface area contributed by atoms with Gasteiger partial charge in [0.1, 0.15) is 0 Å². The molecule has 0 saturated carbocycles. The van der Waals surface area contributed by atoms with Gasteiger partial charge in [-0.15, -0.1) is 0 Å². The van der Waals surface area contributed by atoms with Gasteiger partial charge in [0, 0.05) is 37.9 Å². The number of likely N-dealkylation sites (tertiary alicyclic amines) is 1. The van der Waals surface area contributed by atoms with Gasteiger partial charge < -0.3 is 19.7 Å². The monoisotopic (exact) mass is 471 g/mol. The van der Waals surface area contributed by atoms with Gasteiger partial charge in [-0.1, -0.05) is 48.5 Å². The Labute approximate surface area is 207 Å². The van der Waals surface area contributed by atoms with Crippen molar-refractivity contribution in [2.75, 3.05) is 25.2 Å². The SMILES string of the molecule is Cc1ccc(C)c(NC(=O)N(Cc2ccc3c(c2)OCO3)C2CCN(Cc3ccccc3)CC2)c1. The molecule has 2 heterocycles. The standard InChI is InChI=1S/C29H33N3O3/c1-21-8-9-22(2)26(16-21)30-29(33)32(19-24-10-11-27-28(17-24)35-20-34-27)25-12-14-31(15-13-25)18-23-6-4-3-5-7-23/h3-11,16-17,25H,12-15,18-20H2,1-2H3,(H,30,33). The second-order valence-corrected chi connectivity index (χ2v) is 9.56. The fourth-order valence-electron chi connectivity index (χ4n) is 4.89. The number of carbonyl (C=O) groups excluding carboxylic acids is 1. The number of nitrogens with one attached hydrogen (secondary N) is 1. The molecule has 1 fully saturated rings. The number of piperidine rings is 1. The predicted molar refractivity (Wildman–Crippen MR) is 138 cm³/mol. The molecule has 3 aromatic rings. The van der Waals surface area contributed by atoms with Gasteiger partial charge in [0.2, 0.25) is 6.79 Å². The summed E-state index contributed by atoms with van der Waals surface area (Å²) in [6.45, 7) is 7.72. The van der Waals surface area contributed by atoms with Crippen LogP contribution in [-0.2, 0) is 13.1 Å². The Bertz CT molecular complexity index is 1170. The third-order valence-electron chi connectivity index (χ3n) is 6.93. The summed E-state index contributed by atoms with van der Waals surface area (Å²) < 4.78 is 11.0. The van der Waals surface area contributed by atoms with E-state index in [2.05, 4.69) is 52.7 Å². The van der Waals surface area contributed by atoms with Gasteiger partial charge in [0.15, 0.2) is 11.5 Å². The summed E-state index contributed by atoms with van der Waals surface area (Å²) in [5.41, 5.74) is 5.42. The van der Waals surface area contributed by atoms with E-state index in [4.69, 9.17) is 9.47 Å². The Balaban J connectivity index is 1.31. The van der Waals surface area contributed by atoms with Crippen LogP contribution in [-0.4, -0.2) is 41.8 Å². The number of hydrogen-bond acceptors (Lipinski definition) is 4. The summed E-state index contributed by atoms with van der Waals surface area (Å²) >= 11 is 0. The Kier molecular flexibility index (Phi) is 6.91. The number of hydrogen-bond donors (Lipinski definition) is 1. The van der Waals surface area contributed by atoms with E-state index in [0.717, 1.165) is 66.4 Å². The van der Waals surface area contributed by atoms with E-state index >= 15 is 0 Å². The van der Waals surface area contributed by atoms with Crippen molar-refractivity contribution in [2.45, 2.75) is 45.8 Å². The number of anilines is 1. The minimum Gasteiger partial charge on any atom is -0.454 e. The summed E-state index contributed by atoms with van der Waals surface area (Å²) in [7, 11) is 0. The Hall–Kier alpha value is -3.51. The van der Waals surface area contributed by atoms with Crippen LogP contribution < -0.4 is 14.8 Å². The maximum absolute atomic E-state index is 13.6. The van der Waals surface area contributed by atoms with Crippen molar-refractivity contribution >= 4 is 11.7 Å². The van der Waals surface area contributed by atoms with Crippen LogP contribution in [0.15, 0.2) is 66.7 Å². The number of amides is 2. The molecule has 0 aliphatic carbocycles. The van der Waals surface area contributed by atoms with Gasteiger partial charge in [-0.25, -0.2) is 4.79 Å². The highest BCUT2D eigenvalue weighted by atomic mass is 16.7. The second kappa shape index (κ2) is 10.4. The highest BCUT2D eigenvalue weighted by Gasteiger charge is 2.29. The molecule has 182 valence electrons. The molecule has 0 radical (unpaired) electrons. The number of nitrogens with zero attached hydrogens (tertiary/aromatic N) is 2. The van der Waals surface area contributed by atoms with E-state index in [1.165, 1.54) is 5.56 Å². The van der Waals surface area contributed by atoms with Gasteiger partial charge in [-0.2, -0.15) is 0 Å². The smallest absolute Gasteiger partial charge is 0.322 e. The summed E-state index contributed by atoms with van der Waals surface area (Å²) in [6.07, 6.45) is 1.88. The van der Waals surface area contributed by atoms with Gasteiger partial charge in [0.05, 0.1) is 0 Å². The molecule has 6 heteroatoms. The van der Waals surface area contributed by atoms with Gasteiger partial charge in [0.25, 0.3) is 0 Å². The first kappa shape index (κ1) is 23.2. The van der Waals surface area contributed by atoms with Crippen LogP contribution in [0.3, 0.4) is 0 Å². The van der Waals surface area contributed by atoms with E-state index in [1.807, 2.05) is 43.0 Å². The number of carbonyl (C=O) groups is 1. The number of fused-ring (bicyclic) bond motifs is 1. The highest BCUT2D eigenvalue weighted by molar-refractivity contribution is 5.90. The molecular formula is C29H33N3O3. The number of rotatable bonds is 6. The first-order chi connectivity index (χ1) is 17.0. The Morgan fingerprint density at radius 2 is 1.71 bits per heavy atom. The molecule has 0 spiro atoms.